The fourth-order valence-corrected chi connectivity index (χ4v) is 3.41. The second-order valence-electron chi connectivity index (χ2n) is 9.51. The Bertz CT molecular complexity index is 789. The van der Waals surface area contributed by atoms with Crippen LogP contribution in [-0.4, -0.2) is 67.9 Å². The number of carboxylic acids is 3. The summed E-state index contributed by atoms with van der Waals surface area (Å²) in [5.74, 6) is -6.17. The number of aliphatic carboxylic acids is 3. The third kappa shape index (κ3) is 14.5. The molecule has 4 unspecified atom stereocenters. The Hall–Kier alpha value is -2.49. The molecular weight excluding hydrogens is 456 g/mol. The van der Waals surface area contributed by atoms with Gasteiger partial charge in [-0.25, -0.2) is 4.79 Å². The van der Waals surface area contributed by atoms with Crippen LogP contribution >= 0.6 is 0 Å². The Morgan fingerprint density at radius 3 is 2.00 bits per heavy atom. The molecule has 35 heavy (non-hydrogen) atoms. The Morgan fingerprint density at radius 2 is 1.49 bits per heavy atom. The lowest BCUT2D eigenvalue weighted by Gasteiger charge is -2.29. The van der Waals surface area contributed by atoms with E-state index in [2.05, 4.69) is 0 Å². The molecular formula is C26H42O9. The molecule has 0 saturated heterocycles. The monoisotopic (exact) mass is 498 g/mol. The smallest absolute Gasteiger partial charge is 0.333 e. The van der Waals surface area contributed by atoms with Crippen LogP contribution in [0.3, 0.4) is 0 Å². The topological polar surface area (TPSA) is 162 Å². The molecule has 0 rings (SSSR count). The van der Waals surface area contributed by atoms with Crippen LogP contribution in [-0.2, 0) is 19.1 Å². The first-order valence-corrected chi connectivity index (χ1v) is 11.8. The number of carboxylic acid groups (broad SMARTS) is 3. The van der Waals surface area contributed by atoms with E-state index in [1.54, 1.807) is 13.0 Å². The highest BCUT2D eigenvalue weighted by Gasteiger charge is 2.36. The molecule has 0 aromatic carbocycles. The third-order valence-electron chi connectivity index (χ3n) is 5.79. The highest BCUT2D eigenvalue weighted by molar-refractivity contribution is 5.85. The van der Waals surface area contributed by atoms with Crippen molar-refractivity contribution in [1.82, 2.24) is 0 Å². The quantitative estimate of drug-likeness (QED) is 0.176. The van der Waals surface area contributed by atoms with Crippen molar-refractivity contribution in [2.45, 2.75) is 97.4 Å². The molecule has 0 spiro atoms. The van der Waals surface area contributed by atoms with Gasteiger partial charge in [-0.05, 0) is 73.1 Å². The van der Waals surface area contributed by atoms with E-state index in [9.17, 15) is 29.7 Å². The minimum Gasteiger partial charge on any atom is -0.481 e. The van der Waals surface area contributed by atoms with Crippen molar-refractivity contribution >= 4 is 17.9 Å². The maximum Gasteiger partial charge on any atom is 0.333 e. The Balaban J connectivity index is 4.64. The number of aliphatic hydroxyl groups excluding tert-OH is 1. The fraction of sp³-hybridized carbons (Fsp3) is 0.654. The molecule has 0 aromatic rings. The van der Waals surface area contributed by atoms with Crippen LogP contribution in [0.25, 0.3) is 0 Å². The molecule has 0 aromatic heterocycles. The molecule has 4 atom stereocenters. The van der Waals surface area contributed by atoms with Gasteiger partial charge >= 0.3 is 17.9 Å². The summed E-state index contributed by atoms with van der Waals surface area (Å²) < 4.78 is 5.17. The van der Waals surface area contributed by atoms with Gasteiger partial charge in [0.2, 0.25) is 0 Å². The molecule has 0 radical (unpaired) electrons. The predicted molar refractivity (Wildman–Crippen MR) is 132 cm³/mol. The highest BCUT2D eigenvalue weighted by atomic mass is 16.5. The maximum absolute atomic E-state index is 11.4. The van der Waals surface area contributed by atoms with E-state index in [0.29, 0.717) is 38.5 Å². The van der Waals surface area contributed by atoms with E-state index in [1.165, 1.54) is 5.57 Å². The number of carbonyl (C=O) groups is 3. The van der Waals surface area contributed by atoms with Gasteiger partial charge in [-0.15, -0.1) is 0 Å². The Morgan fingerprint density at radius 1 is 0.886 bits per heavy atom. The van der Waals surface area contributed by atoms with Crippen LogP contribution in [0.5, 0.6) is 0 Å². The lowest BCUT2D eigenvalue weighted by molar-refractivity contribution is -0.165. The lowest BCUT2D eigenvalue weighted by atomic mass is 9.89. The average molecular weight is 499 g/mol. The fourth-order valence-electron chi connectivity index (χ4n) is 3.41. The van der Waals surface area contributed by atoms with E-state index in [-0.39, 0.29) is 6.61 Å². The van der Waals surface area contributed by atoms with Crippen LogP contribution in [0.2, 0.25) is 0 Å². The van der Waals surface area contributed by atoms with Crippen molar-refractivity contribution in [3.63, 3.8) is 0 Å². The van der Waals surface area contributed by atoms with Crippen molar-refractivity contribution in [3.05, 3.63) is 34.9 Å². The van der Waals surface area contributed by atoms with E-state index < -0.39 is 48.1 Å². The summed E-state index contributed by atoms with van der Waals surface area (Å²) in [6.07, 6.45) is 5.95. The number of aliphatic hydroxyl groups is 2. The maximum atomic E-state index is 11.4. The standard InChI is InChI=1S/C26H42O9/c1-17(2)8-7-14-26(5,34)21(27)12-11-18(3)9-6-10-19(4)13-15-35-23(25(32)33)20(24(30)31)16-22(28)29/h8-9,13,20-21,23,27,34H,6-7,10-12,14-16H2,1-5H3,(H,28,29)(H,30,31)(H,32,33). The largest absolute Gasteiger partial charge is 0.481 e. The van der Waals surface area contributed by atoms with Crippen LogP contribution in [0, 0.1) is 5.92 Å². The van der Waals surface area contributed by atoms with E-state index in [0.717, 1.165) is 11.1 Å². The second kappa shape index (κ2) is 16.2. The summed E-state index contributed by atoms with van der Waals surface area (Å²) in [6, 6.07) is 0. The van der Waals surface area contributed by atoms with Gasteiger partial charge < -0.3 is 30.3 Å². The van der Waals surface area contributed by atoms with Gasteiger partial charge in [-0.2, -0.15) is 0 Å². The van der Waals surface area contributed by atoms with Crippen molar-refractivity contribution in [3.8, 4) is 0 Å². The first kappa shape index (κ1) is 32.5. The summed E-state index contributed by atoms with van der Waals surface area (Å²) in [5, 5.41) is 48.1. The van der Waals surface area contributed by atoms with Gasteiger partial charge in [0.05, 0.1) is 24.7 Å². The number of hydrogen-bond donors (Lipinski definition) is 5. The zero-order valence-electron chi connectivity index (χ0n) is 21.5. The van der Waals surface area contributed by atoms with Crippen LogP contribution < -0.4 is 0 Å². The van der Waals surface area contributed by atoms with E-state index >= 15 is 0 Å². The van der Waals surface area contributed by atoms with Gasteiger partial charge in [0.1, 0.15) is 5.92 Å². The molecule has 0 heterocycles. The predicted octanol–water partition coefficient (Wildman–Crippen LogP) is 3.94. The number of ether oxygens (including phenoxy) is 1. The molecule has 0 aliphatic carbocycles. The van der Waals surface area contributed by atoms with Crippen molar-refractivity contribution in [2.75, 3.05) is 6.61 Å². The SMILES string of the molecule is CC(C)=CCCC(C)(O)C(O)CCC(C)=CCCC(C)=CCOC(C(=O)O)C(CC(=O)O)C(=O)O. The van der Waals surface area contributed by atoms with Crippen molar-refractivity contribution in [2.24, 2.45) is 5.92 Å². The molecule has 5 N–H and O–H groups in total. The van der Waals surface area contributed by atoms with Gasteiger partial charge in [0, 0.05) is 0 Å². The molecule has 0 amide bonds. The molecule has 0 bridgehead atoms. The molecule has 9 heteroatoms. The third-order valence-corrected chi connectivity index (χ3v) is 5.79. The first-order chi connectivity index (χ1) is 16.2. The van der Waals surface area contributed by atoms with E-state index in [4.69, 9.17) is 14.9 Å². The number of rotatable bonds is 18. The molecule has 0 aliphatic rings. The normalized spacial score (nSPS) is 16.7. The first-order valence-electron chi connectivity index (χ1n) is 11.8. The Kier molecular flexibility index (Phi) is 15.1. The van der Waals surface area contributed by atoms with Gasteiger partial charge in [-0.1, -0.05) is 34.9 Å². The minimum absolute atomic E-state index is 0.150. The van der Waals surface area contributed by atoms with Crippen LogP contribution in [0.1, 0.15) is 79.6 Å². The summed E-state index contributed by atoms with van der Waals surface area (Å²) in [4.78, 5) is 33.4. The summed E-state index contributed by atoms with van der Waals surface area (Å²) in [6.45, 7) is 9.28. The van der Waals surface area contributed by atoms with Crippen molar-refractivity contribution < 1.29 is 44.7 Å². The molecule has 0 aliphatic heterocycles. The zero-order chi connectivity index (χ0) is 27.2. The zero-order valence-corrected chi connectivity index (χ0v) is 21.5. The van der Waals surface area contributed by atoms with Crippen LogP contribution in [0.15, 0.2) is 34.9 Å². The average Bonchev–Trinajstić information content (AvgIpc) is 2.72. The highest BCUT2D eigenvalue weighted by Crippen LogP contribution is 2.23. The minimum atomic E-state index is -1.76. The lowest BCUT2D eigenvalue weighted by Crippen LogP contribution is -2.39. The summed E-state index contributed by atoms with van der Waals surface area (Å²) >= 11 is 0. The van der Waals surface area contributed by atoms with Gasteiger partial charge in [0.15, 0.2) is 6.10 Å². The van der Waals surface area contributed by atoms with Crippen LogP contribution in [0.4, 0.5) is 0 Å². The van der Waals surface area contributed by atoms with E-state index in [1.807, 2.05) is 39.8 Å². The van der Waals surface area contributed by atoms with Gasteiger partial charge in [0.25, 0.3) is 0 Å². The summed E-state index contributed by atoms with van der Waals surface area (Å²) in [7, 11) is 0. The number of allylic oxidation sites excluding steroid dienone is 5. The Labute approximate surface area is 207 Å². The van der Waals surface area contributed by atoms with Crippen molar-refractivity contribution in [1.29, 1.82) is 0 Å². The molecule has 200 valence electrons. The number of hydrogen-bond acceptors (Lipinski definition) is 6. The molecule has 0 saturated carbocycles. The molecule has 0 fully saturated rings. The second-order valence-corrected chi connectivity index (χ2v) is 9.51. The summed E-state index contributed by atoms with van der Waals surface area (Å²) in [5.41, 5.74) is 2.01. The van der Waals surface area contributed by atoms with Gasteiger partial charge in [-0.3, -0.25) is 9.59 Å². The molecule has 9 nitrogen and oxygen atoms in total.